The first-order valence-electron chi connectivity index (χ1n) is 3.26. The Balaban J connectivity index is 1.93. The van der Waals surface area contributed by atoms with Crippen molar-refractivity contribution in [2.45, 2.75) is 36.7 Å². The van der Waals surface area contributed by atoms with E-state index in [1.165, 1.54) is 19.3 Å². The number of halogens is 1. The van der Waals surface area contributed by atoms with Gasteiger partial charge in [-0.15, -0.1) is 11.6 Å². The number of alkyl halides is 1. The molecule has 46 valence electrons. The van der Waals surface area contributed by atoms with Crippen molar-refractivity contribution in [3.8, 4) is 0 Å². The van der Waals surface area contributed by atoms with E-state index < -0.39 is 0 Å². The quantitative estimate of drug-likeness (QED) is 0.386. The zero-order chi connectivity index (χ0) is 5.56. The van der Waals surface area contributed by atoms with Gasteiger partial charge in [0.25, 0.3) is 0 Å². The molecule has 2 fully saturated rings. The van der Waals surface area contributed by atoms with Crippen LogP contribution in [0.2, 0.25) is 0 Å². The van der Waals surface area contributed by atoms with Gasteiger partial charge in [0.1, 0.15) is 0 Å². The van der Waals surface area contributed by atoms with E-state index in [0.717, 1.165) is 12.1 Å². The van der Waals surface area contributed by atoms with Crippen LogP contribution in [0.25, 0.3) is 0 Å². The lowest BCUT2D eigenvalue weighted by molar-refractivity contribution is 0.579. The summed E-state index contributed by atoms with van der Waals surface area (Å²) in [6, 6.07) is 1.65. The Bertz CT molecular complexity index is 105. The van der Waals surface area contributed by atoms with Gasteiger partial charge in [0.05, 0.1) is 0 Å². The maximum atomic E-state index is 5.90. The minimum absolute atomic E-state index is 0.464. The molecule has 0 aromatic heterocycles. The Morgan fingerprint density at radius 1 is 1.25 bits per heavy atom. The Morgan fingerprint density at radius 3 is 2.75 bits per heavy atom. The molecule has 0 amide bonds. The minimum atomic E-state index is 0.464. The van der Waals surface area contributed by atoms with E-state index in [1.807, 2.05) is 0 Å². The van der Waals surface area contributed by atoms with E-state index in [0.29, 0.717) is 5.38 Å². The Kier molecular flexibility index (Phi) is 1.02. The summed E-state index contributed by atoms with van der Waals surface area (Å²) in [6.07, 6.45) is 3.72. The van der Waals surface area contributed by atoms with Crippen molar-refractivity contribution < 1.29 is 0 Å². The van der Waals surface area contributed by atoms with Crippen LogP contribution in [0.5, 0.6) is 0 Å². The highest BCUT2D eigenvalue weighted by Gasteiger charge is 2.40. The number of rotatable bonds is 0. The lowest BCUT2D eigenvalue weighted by Gasteiger charge is -2.11. The van der Waals surface area contributed by atoms with Gasteiger partial charge in [-0.05, 0) is 19.3 Å². The topological polar surface area (TPSA) is 21.9 Å². The predicted molar refractivity (Wildman–Crippen MR) is 34.2 cm³/mol. The molecule has 1 N–H and O–H groups in total. The van der Waals surface area contributed by atoms with Gasteiger partial charge in [0.15, 0.2) is 0 Å². The second kappa shape index (κ2) is 1.61. The monoisotopic (exact) mass is 131 g/mol. The molecular formula is C6H10ClN. The molecule has 1 heterocycles. The van der Waals surface area contributed by atoms with Gasteiger partial charge in [0, 0.05) is 17.5 Å². The van der Waals surface area contributed by atoms with E-state index >= 15 is 0 Å². The fourth-order valence-corrected chi connectivity index (χ4v) is 1.81. The van der Waals surface area contributed by atoms with E-state index in [4.69, 9.17) is 11.6 Å². The highest BCUT2D eigenvalue weighted by Crippen LogP contribution is 2.31. The van der Waals surface area contributed by atoms with E-state index in [1.54, 1.807) is 0 Å². The smallest absolute Gasteiger partial charge is 0.0352 e. The van der Waals surface area contributed by atoms with Crippen LogP contribution in [0, 0.1) is 0 Å². The van der Waals surface area contributed by atoms with Gasteiger partial charge in [-0.3, -0.25) is 0 Å². The third-order valence-electron chi connectivity index (χ3n) is 2.11. The van der Waals surface area contributed by atoms with E-state index in [-0.39, 0.29) is 0 Å². The Labute approximate surface area is 54.4 Å². The van der Waals surface area contributed by atoms with Crippen LogP contribution in [0.15, 0.2) is 0 Å². The van der Waals surface area contributed by atoms with E-state index in [2.05, 4.69) is 5.32 Å². The first kappa shape index (κ1) is 5.07. The molecule has 0 radical (unpaired) electrons. The van der Waals surface area contributed by atoms with Gasteiger partial charge >= 0.3 is 0 Å². The summed E-state index contributed by atoms with van der Waals surface area (Å²) in [6.45, 7) is 0. The zero-order valence-electron chi connectivity index (χ0n) is 4.73. The zero-order valence-corrected chi connectivity index (χ0v) is 5.49. The first-order chi connectivity index (χ1) is 3.86. The van der Waals surface area contributed by atoms with Crippen LogP contribution in [-0.4, -0.2) is 17.5 Å². The van der Waals surface area contributed by atoms with E-state index in [9.17, 15) is 0 Å². The van der Waals surface area contributed by atoms with Crippen molar-refractivity contribution in [2.75, 3.05) is 0 Å². The minimum Gasteiger partial charge on any atom is -0.308 e. The largest absolute Gasteiger partial charge is 0.308 e. The number of nitrogens with one attached hydrogen (secondary N) is 1. The molecule has 3 atom stereocenters. The molecule has 0 spiro atoms. The summed E-state index contributed by atoms with van der Waals surface area (Å²) in [5.74, 6) is 0. The van der Waals surface area contributed by atoms with Gasteiger partial charge < -0.3 is 5.32 Å². The van der Waals surface area contributed by atoms with Gasteiger partial charge in [0.2, 0.25) is 0 Å². The standard InChI is InChI=1S/C6H10ClN/c7-4-1-2-5-6(3-4)8-5/h4-6,8H,1-3H2. The van der Waals surface area contributed by atoms with Crippen molar-refractivity contribution in [1.29, 1.82) is 0 Å². The molecule has 1 nitrogen and oxygen atoms in total. The van der Waals surface area contributed by atoms with Crippen LogP contribution < -0.4 is 5.32 Å². The second-order valence-corrected chi connectivity index (χ2v) is 3.41. The van der Waals surface area contributed by atoms with Crippen molar-refractivity contribution in [3.05, 3.63) is 0 Å². The van der Waals surface area contributed by atoms with Crippen LogP contribution in [0.3, 0.4) is 0 Å². The summed E-state index contributed by atoms with van der Waals surface area (Å²) in [5.41, 5.74) is 0. The Hall–Kier alpha value is 0.250. The summed E-state index contributed by atoms with van der Waals surface area (Å²) in [5, 5.41) is 3.84. The average Bonchev–Trinajstić information content (AvgIpc) is 2.43. The summed E-state index contributed by atoms with van der Waals surface area (Å²) in [4.78, 5) is 0. The number of hydrogen-bond acceptors (Lipinski definition) is 1. The summed E-state index contributed by atoms with van der Waals surface area (Å²) in [7, 11) is 0. The lowest BCUT2D eigenvalue weighted by Crippen LogP contribution is -2.12. The van der Waals surface area contributed by atoms with Crippen molar-refractivity contribution in [2.24, 2.45) is 0 Å². The molecule has 3 unspecified atom stereocenters. The third-order valence-corrected chi connectivity index (χ3v) is 2.50. The fourth-order valence-electron chi connectivity index (χ4n) is 1.49. The predicted octanol–water partition coefficient (Wildman–Crippen LogP) is 1.12. The lowest BCUT2D eigenvalue weighted by atomic mass is 10.0. The molecule has 2 heteroatoms. The van der Waals surface area contributed by atoms with Crippen LogP contribution in [0.1, 0.15) is 19.3 Å². The van der Waals surface area contributed by atoms with Crippen molar-refractivity contribution in [1.82, 2.24) is 5.32 Å². The van der Waals surface area contributed by atoms with Crippen molar-refractivity contribution >= 4 is 11.6 Å². The maximum Gasteiger partial charge on any atom is 0.0352 e. The molecule has 1 aliphatic heterocycles. The SMILES string of the molecule is ClC1CCC2NC2C1. The number of hydrogen-bond donors (Lipinski definition) is 1. The van der Waals surface area contributed by atoms with Crippen LogP contribution in [0.4, 0.5) is 0 Å². The summed E-state index contributed by atoms with van der Waals surface area (Å²) < 4.78 is 0. The molecule has 0 bridgehead atoms. The Morgan fingerprint density at radius 2 is 2.12 bits per heavy atom. The van der Waals surface area contributed by atoms with Gasteiger partial charge in [-0.25, -0.2) is 0 Å². The van der Waals surface area contributed by atoms with Gasteiger partial charge in [-0.2, -0.15) is 0 Å². The molecule has 1 aliphatic carbocycles. The van der Waals surface area contributed by atoms with Crippen LogP contribution in [-0.2, 0) is 0 Å². The third kappa shape index (κ3) is 0.741. The van der Waals surface area contributed by atoms with Gasteiger partial charge in [-0.1, -0.05) is 0 Å². The summed E-state index contributed by atoms with van der Waals surface area (Å²) >= 11 is 5.90. The maximum absolute atomic E-state index is 5.90. The molecule has 2 rings (SSSR count). The van der Waals surface area contributed by atoms with Crippen molar-refractivity contribution in [3.63, 3.8) is 0 Å². The normalized spacial score (nSPS) is 52.9. The first-order valence-corrected chi connectivity index (χ1v) is 3.70. The fraction of sp³-hybridized carbons (Fsp3) is 1.00. The average molecular weight is 132 g/mol. The van der Waals surface area contributed by atoms with Crippen LogP contribution >= 0.6 is 11.6 Å². The molecule has 1 saturated heterocycles. The molecule has 0 aromatic carbocycles. The molecular weight excluding hydrogens is 122 g/mol. The number of fused-ring (bicyclic) bond motifs is 1. The molecule has 1 saturated carbocycles. The molecule has 0 aromatic rings. The highest BCUT2D eigenvalue weighted by atomic mass is 35.5. The molecule has 2 aliphatic rings. The second-order valence-electron chi connectivity index (χ2n) is 2.79. The highest BCUT2D eigenvalue weighted by molar-refractivity contribution is 6.20. The molecule has 8 heavy (non-hydrogen) atoms.